The van der Waals surface area contributed by atoms with Crippen molar-refractivity contribution >= 4 is 0 Å². The summed E-state index contributed by atoms with van der Waals surface area (Å²) < 4.78 is 16.1. The minimum absolute atomic E-state index is 0.0212. The van der Waals surface area contributed by atoms with Gasteiger partial charge in [0.1, 0.15) is 11.8 Å². The molecule has 0 radical (unpaired) electrons. The van der Waals surface area contributed by atoms with E-state index in [-0.39, 0.29) is 12.1 Å². The molecule has 1 aliphatic rings. The highest BCUT2D eigenvalue weighted by molar-refractivity contribution is 5.55. The Balaban J connectivity index is 1.81. The lowest BCUT2D eigenvalue weighted by molar-refractivity contribution is -0.00136. The molecule has 0 saturated carbocycles. The summed E-state index contributed by atoms with van der Waals surface area (Å²) in [5.41, 5.74) is 0.894. The summed E-state index contributed by atoms with van der Waals surface area (Å²) in [7, 11) is 1.64. The Labute approximate surface area is 117 Å². The number of hydrogen-bond acceptors (Lipinski definition) is 6. The Kier molecular flexibility index (Phi) is 3.66. The molecule has 6 heteroatoms. The maximum Gasteiger partial charge on any atom is 0.246 e. The summed E-state index contributed by atoms with van der Waals surface area (Å²) in [5.74, 6) is 1.93. The molecule has 2 atom stereocenters. The van der Waals surface area contributed by atoms with Gasteiger partial charge in [-0.3, -0.25) is 0 Å². The van der Waals surface area contributed by atoms with Crippen LogP contribution in [0.15, 0.2) is 28.8 Å². The molecule has 20 heavy (non-hydrogen) atoms. The van der Waals surface area contributed by atoms with Crippen molar-refractivity contribution in [2.45, 2.75) is 19.1 Å². The number of aromatic nitrogens is 2. The van der Waals surface area contributed by atoms with Gasteiger partial charge in [0.2, 0.25) is 11.7 Å². The Morgan fingerprint density at radius 2 is 2.10 bits per heavy atom. The van der Waals surface area contributed by atoms with Crippen molar-refractivity contribution in [2.24, 2.45) is 0 Å². The first-order valence-corrected chi connectivity index (χ1v) is 6.61. The zero-order chi connectivity index (χ0) is 13.9. The lowest BCUT2D eigenvalue weighted by Crippen LogP contribution is -2.40. The van der Waals surface area contributed by atoms with Gasteiger partial charge in [0.05, 0.1) is 19.8 Å². The molecule has 0 amide bonds. The molecule has 1 fully saturated rings. The summed E-state index contributed by atoms with van der Waals surface area (Å²) in [6.07, 6.45) is 0.0212. The van der Waals surface area contributed by atoms with Crippen molar-refractivity contribution in [3.63, 3.8) is 0 Å². The van der Waals surface area contributed by atoms with Crippen LogP contribution in [-0.2, 0) is 4.74 Å². The van der Waals surface area contributed by atoms with Crippen LogP contribution in [0.1, 0.15) is 18.9 Å². The number of nitrogens with one attached hydrogen (secondary N) is 1. The maximum absolute atomic E-state index is 5.58. The molecule has 1 aromatic heterocycles. The summed E-state index contributed by atoms with van der Waals surface area (Å²) in [6.45, 7) is 3.49. The molecule has 0 unspecified atom stereocenters. The molecule has 6 nitrogen and oxygen atoms in total. The minimum Gasteiger partial charge on any atom is -0.497 e. The zero-order valence-electron chi connectivity index (χ0n) is 11.5. The number of methoxy groups -OCH3 is 1. The summed E-state index contributed by atoms with van der Waals surface area (Å²) in [4.78, 5) is 4.45. The van der Waals surface area contributed by atoms with Crippen molar-refractivity contribution in [1.82, 2.24) is 15.5 Å². The first-order valence-electron chi connectivity index (χ1n) is 6.61. The number of rotatable bonds is 3. The van der Waals surface area contributed by atoms with E-state index in [0.717, 1.165) is 17.9 Å². The van der Waals surface area contributed by atoms with Crippen LogP contribution in [0.4, 0.5) is 0 Å². The molecule has 2 heterocycles. The van der Waals surface area contributed by atoms with Crippen LogP contribution in [0.25, 0.3) is 11.4 Å². The number of nitrogens with zero attached hydrogens (tertiary/aromatic N) is 2. The number of benzene rings is 1. The van der Waals surface area contributed by atoms with E-state index in [1.807, 2.05) is 31.2 Å². The van der Waals surface area contributed by atoms with Crippen LogP contribution in [-0.4, -0.2) is 36.5 Å². The van der Waals surface area contributed by atoms with Crippen LogP contribution in [0, 0.1) is 0 Å². The second kappa shape index (κ2) is 5.60. The molecule has 0 aliphatic carbocycles. The van der Waals surface area contributed by atoms with E-state index < -0.39 is 0 Å². The largest absolute Gasteiger partial charge is 0.497 e. The highest BCUT2D eigenvalue weighted by Crippen LogP contribution is 2.24. The van der Waals surface area contributed by atoms with Gasteiger partial charge in [0.25, 0.3) is 0 Å². The van der Waals surface area contributed by atoms with Gasteiger partial charge >= 0.3 is 0 Å². The molecular formula is C14H17N3O3. The van der Waals surface area contributed by atoms with Gasteiger partial charge in [-0.15, -0.1) is 0 Å². The fourth-order valence-electron chi connectivity index (χ4n) is 2.23. The molecule has 1 saturated heterocycles. The van der Waals surface area contributed by atoms with Crippen LogP contribution >= 0.6 is 0 Å². The van der Waals surface area contributed by atoms with Crippen molar-refractivity contribution in [1.29, 1.82) is 0 Å². The SMILES string of the molecule is COc1ccc(-c2noc([C@H]3NCCO[C@@H]3C)n2)cc1. The first-order chi connectivity index (χ1) is 9.78. The number of hydrogen-bond donors (Lipinski definition) is 1. The predicted octanol–water partition coefficient (Wildman–Crippen LogP) is 1.79. The fraction of sp³-hybridized carbons (Fsp3) is 0.429. The molecule has 1 aromatic carbocycles. The van der Waals surface area contributed by atoms with Gasteiger partial charge in [0, 0.05) is 12.1 Å². The minimum atomic E-state index is -0.0525. The number of ether oxygens (including phenoxy) is 2. The van der Waals surface area contributed by atoms with E-state index in [4.69, 9.17) is 14.0 Å². The molecule has 3 rings (SSSR count). The van der Waals surface area contributed by atoms with E-state index in [0.29, 0.717) is 18.3 Å². The Morgan fingerprint density at radius 1 is 1.30 bits per heavy atom. The van der Waals surface area contributed by atoms with Gasteiger partial charge in [-0.25, -0.2) is 0 Å². The van der Waals surface area contributed by atoms with Gasteiger partial charge in [0.15, 0.2) is 0 Å². The predicted molar refractivity (Wildman–Crippen MR) is 72.4 cm³/mol. The maximum atomic E-state index is 5.58. The molecule has 2 aromatic rings. The van der Waals surface area contributed by atoms with E-state index in [1.165, 1.54) is 0 Å². The number of morpholine rings is 1. The Morgan fingerprint density at radius 3 is 2.80 bits per heavy atom. The van der Waals surface area contributed by atoms with E-state index >= 15 is 0 Å². The Bertz CT molecular complexity index is 567. The lowest BCUT2D eigenvalue weighted by atomic mass is 10.1. The molecule has 1 N–H and O–H groups in total. The molecule has 1 aliphatic heterocycles. The van der Waals surface area contributed by atoms with Crippen LogP contribution < -0.4 is 10.1 Å². The summed E-state index contributed by atoms with van der Waals surface area (Å²) in [6, 6.07) is 7.50. The third-order valence-corrected chi connectivity index (χ3v) is 3.37. The third-order valence-electron chi connectivity index (χ3n) is 3.37. The summed E-state index contributed by atoms with van der Waals surface area (Å²) >= 11 is 0. The molecule has 0 bridgehead atoms. The lowest BCUT2D eigenvalue weighted by Gasteiger charge is -2.27. The van der Waals surface area contributed by atoms with Gasteiger partial charge < -0.3 is 19.3 Å². The Hall–Kier alpha value is -1.92. The van der Waals surface area contributed by atoms with E-state index in [9.17, 15) is 0 Å². The standard InChI is InChI=1S/C14H17N3O3/c1-9-12(15-7-8-19-9)14-16-13(17-20-14)10-3-5-11(18-2)6-4-10/h3-6,9,12,15H,7-8H2,1-2H3/t9-,12+/m1/s1. The van der Waals surface area contributed by atoms with Crippen LogP contribution in [0.3, 0.4) is 0 Å². The molecule has 0 spiro atoms. The summed E-state index contributed by atoms with van der Waals surface area (Å²) in [5, 5.41) is 7.36. The average molecular weight is 275 g/mol. The quantitative estimate of drug-likeness (QED) is 0.921. The topological polar surface area (TPSA) is 69.4 Å². The molecule has 106 valence electrons. The molecular weight excluding hydrogens is 258 g/mol. The highest BCUT2D eigenvalue weighted by atomic mass is 16.5. The van der Waals surface area contributed by atoms with Gasteiger partial charge in [-0.1, -0.05) is 5.16 Å². The van der Waals surface area contributed by atoms with Crippen LogP contribution in [0.2, 0.25) is 0 Å². The van der Waals surface area contributed by atoms with Crippen molar-refractivity contribution in [3.05, 3.63) is 30.2 Å². The highest BCUT2D eigenvalue weighted by Gasteiger charge is 2.28. The van der Waals surface area contributed by atoms with Gasteiger partial charge in [-0.2, -0.15) is 4.98 Å². The van der Waals surface area contributed by atoms with Crippen LogP contribution in [0.5, 0.6) is 5.75 Å². The fourth-order valence-corrected chi connectivity index (χ4v) is 2.23. The van der Waals surface area contributed by atoms with Crippen molar-refractivity contribution in [3.8, 4) is 17.1 Å². The smallest absolute Gasteiger partial charge is 0.246 e. The zero-order valence-corrected chi connectivity index (χ0v) is 11.5. The third kappa shape index (κ3) is 2.52. The van der Waals surface area contributed by atoms with Crippen molar-refractivity contribution in [2.75, 3.05) is 20.3 Å². The second-order valence-corrected chi connectivity index (χ2v) is 4.69. The normalized spacial score (nSPS) is 22.7. The monoisotopic (exact) mass is 275 g/mol. The van der Waals surface area contributed by atoms with Gasteiger partial charge in [-0.05, 0) is 31.2 Å². The first kappa shape index (κ1) is 13.1. The van der Waals surface area contributed by atoms with E-state index in [1.54, 1.807) is 7.11 Å². The second-order valence-electron chi connectivity index (χ2n) is 4.69. The average Bonchev–Trinajstić information content (AvgIpc) is 2.97. The van der Waals surface area contributed by atoms with E-state index in [2.05, 4.69) is 15.5 Å². The van der Waals surface area contributed by atoms with Crippen molar-refractivity contribution < 1.29 is 14.0 Å².